The van der Waals surface area contributed by atoms with Crippen molar-refractivity contribution in [2.75, 3.05) is 17.3 Å². The van der Waals surface area contributed by atoms with Crippen LogP contribution in [-0.2, 0) is 11.2 Å². The van der Waals surface area contributed by atoms with Crippen molar-refractivity contribution in [2.24, 2.45) is 0 Å². The van der Waals surface area contributed by atoms with Gasteiger partial charge < -0.3 is 10.6 Å². The van der Waals surface area contributed by atoms with E-state index in [-0.39, 0.29) is 11.8 Å². The molecule has 7 heteroatoms. The number of aryl methyl sites for hydroxylation is 1. The Bertz CT molecular complexity index is 972. The molecule has 5 nitrogen and oxygen atoms in total. The van der Waals surface area contributed by atoms with Gasteiger partial charge in [-0.1, -0.05) is 49.4 Å². The summed E-state index contributed by atoms with van der Waals surface area (Å²) < 4.78 is 0. The van der Waals surface area contributed by atoms with E-state index in [0.29, 0.717) is 17.1 Å². The fourth-order valence-corrected chi connectivity index (χ4v) is 4.10. The summed E-state index contributed by atoms with van der Waals surface area (Å²) in [5, 5.41) is 8.17. The largest absolute Gasteiger partial charge is 0.340 e. The minimum Gasteiger partial charge on any atom is -0.340 e. The number of rotatable bonds is 9. The Morgan fingerprint density at radius 3 is 2.50 bits per heavy atom. The van der Waals surface area contributed by atoms with Crippen molar-refractivity contribution in [2.45, 2.75) is 25.8 Å². The van der Waals surface area contributed by atoms with Crippen molar-refractivity contribution in [3.05, 3.63) is 71.1 Å². The topological polar surface area (TPSA) is 71.1 Å². The van der Waals surface area contributed by atoms with Crippen LogP contribution in [0.2, 0.25) is 0 Å². The van der Waals surface area contributed by atoms with E-state index in [9.17, 15) is 9.59 Å². The SMILES string of the molecule is CCc1ccc(-c2csc(NC(=O)C(CCSC)NC(=O)c3ccccc3)n2)cc1. The predicted octanol–water partition coefficient (Wildman–Crippen LogP) is 4.86. The molecular formula is C23H25N3O2S2. The van der Waals surface area contributed by atoms with Gasteiger partial charge in [0.2, 0.25) is 5.91 Å². The molecule has 0 fully saturated rings. The van der Waals surface area contributed by atoms with Gasteiger partial charge in [0, 0.05) is 16.5 Å². The fraction of sp³-hybridized carbons (Fsp3) is 0.261. The molecule has 156 valence electrons. The number of thioether (sulfide) groups is 1. The standard InChI is InChI=1S/C23H25N3O2S2/c1-3-16-9-11-17(12-10-16)20-15-30-23(25-20)26-22(28)19(13-14-29-2)24-21(27)18-7-5-4-6-8-18/h4-12,15,19H,3,13-14H2,1-2H3,(H,24,27)(H,25,26,28). The summed E-state index contributed by atoms with van der Waals surface area (Å²) in [6.07, 6.45) is 3.51. The first-order valence-electron chi connectivity index (χ1n) is 9.81. The quantitative estimate of drug-likeness (QED) is 0.499. The van der Waals surface area contributed by atoms with Crippen LogP contribution >= 0.6 is 23.1 Å². The highest BCUT2D eigenvalue weighted by molar-refractivity contribution is 7.98. The molecule has 1 atom stereocenters. The lowest BCUT2D eigenvalue weighted by Crippen LogP contribution is -2.44. The number of carbonyl (C=O) groups excluding carboxylic acids is 2. The molecule has 1 heterocycles. The molecule has 30 heavy (non-hydrogen) atoms. The van der Waals surface area contributed by atoms with Crippen LogP contribution in [-0.4, -0.2) is 34.8 Å². The molecule has 3 aromatic rings. The molecule has 0 aliphatic heterocycles. The van der Waals surface area contributed by atoms with E-state index in [2.05, 4.69) is 34.7 Å². The third kappa shape index (κ3) is 5.93. The second-order valence-corrected chi connectivity index (χ2v) is 8.59. The van der Waals surface area contributed by atoms with Crippen LogP contribution in [0, 0.1) is 0 Å². The average Bonchev–Trinajstić information content (AvgIpc) is 3.25. The van der Waals surface area contributed by atoms with Crippen LogP contribution in [0.1, 0.15) is 29.3 Å². The van der Waals surface area contributed by atoms with Gasteiger partial charge in [-0.15, -0.1) is 11.3 Å². The van der Waals surface area contributed by atoms with Crippen molar-refractivity contribution in [3.63, 3.8) is 0 Å². The molecule has 1 unspecified atom stereocenters. The van der Waals surface area contributed by atoms with E-state index in [4.69, 9.17) is 0 Å². The van der Waals surface area contributed by atoms with Crippen LogP contribution in [0.4, 0.5) is 5.13 Å². The molecule has 0 saturated carbocycles. The van der Waals surface area contributed by atoms with Gasteiger partial charge in [-0.05, 0) is 42.5 Å². The molecule has 2 N–H and O–H groups in total. The first-order valence-corrected chi connectivity index (χ1v) is 12.1. The highest BCUT2D eigenvalue weighted by atomic mass is 32.2. The minimum atomic E-state index is -0.624. The second-order valence-electron chi connectivity index (χ2n) is 6.75. The van der Waals surface area contributed by atoms with Crippen LogP contribution < -0.4 is 10.6 Å². The summed E-state index contributed by atoms with van der Waals surface area (Å²) in [5.41, 5.74) is 3.65. The lowest BCUT2D eigenvalue weighted by atomic mass is 10.1. The summed E-state index contributed by atoms with van der Waals surface area (Å²) >= 11 is 3.01. The van der Waals surface area contributed by atoms with Gasteiger partial charge in [-0.2, -0.15) is 11.8 Å². The van der Waals surface area contributed by atoms with Crippen molar-refractivity contribution in [1.82, 2.24) is 10.3 Å². The van der Waals surface area contributed by atoms with E-state index < -0.39 is 6.04 Å². The first-order chi connectivity index (χ1) is 14.6. The Morgan fingerprint density at radius 2 is 1.83 bits per heavy atom. The Labute approximate surface area is 185 Å². The highest BCUT2D eigenvalue weighted by Crippen LogP contribution is 2.25. The lowest BCUT2D eigenvalue weighted by Gasteiger charge is -2.17. The Kier molecular flexibility index (Phi) is 8.04. The third-order valence-corrected chi connectivity index (χ3v) is 6.06. The number of carbonyl (C=O) groups is 2. The number of anilines is 1. The fourth-order valence-electron chi connectivity index (χ4n) is 2.90. The highest BCUT2D eigenvalue weighted by Gasteiger charge is 2.22. The molecule has 0 spiro atoms. The molecular weight excluding hydrogens is 414 g/mol. The first kappa shape index (κ1) is 22.1. The van der Waals surface area contributed by atoms with Crippen molar-refractivity contribution in [3.8, 4) is 11.3 Å². The summed E-state index contributed by atoms with van der Waals surface area (Å²) in [6.45, 7) is 2.12. The molecule has 2 amide bonds. The zero-order valence-electron chi connectivity index (χ0n) is 17.1. The predicted molar refractivity (Wildman–Crippen MR) is 126 cm³/mol. The molecule has 0 radical (unpaired) electrons. The van der Waals surface area contributed by atoms with Gasteiger partial charge in [0.05, 0.1) is 5.69 Å². The molecule has 0 bridgehead atoms. The number of amides is 2. The normalized spacial score (nSPS) is 11.7. The molecule has 1 aromatic heterocycles. The summed E-state index contributed by atoms with van der Waals surface area (Å²) in [4.78, 5) is 29.9. The second kappa shape index (κ2) is 10.9. The molecule has 0 aliphatic carbocycles. The summed E-state index contributed by atoms with van der Waals surface area (Å²) in [6, 6.07) is 16.6. The number of aromatic nitrogens is 1. The van der Waals surface area contributed by atoms with Crippen molar-refractivity contribution in [1.29, 1.82) is 0 Å². The smallest absolute Gasteiger partial charge is 0.251 e. The Balaban J connectivity index is 1.67. The maximum absolute atomic E-state index is 12.8. The van der Waals surface area contributed by atoms with E-state index in [0.717, 1.165) is 23.4 Å². The number of hydrogen-bond donors (Lipinski definition) is 2. The van der Waals surface area contributed by atoms with Gasteiger partial charge in [0.15, 0.2) is 5.13 Å². The van der Waals surface area contributed by atoms with E-state index in [1.54, 1.807) is 36.0 Å². The molecule has 2 aromatic carbocycles. The minimum absolute atomic E-state index is 0.254. The number of thiazole rings is 1. The maximum atomic E-state index is 12.8. The Hall–Kier alpha value is -2.64. The molecule has 0 saturated heterocycles. The van der Waals surface area contributed by atoms with Crippen LogP contribution in [0.3, 0.4) is 0 Å². The number of benzene rings is 2. The van der Waals surface area contributed by atoms with Gasteiger partial charge >= 0.3 is 0 Å². The Morgan fingerprint density at radius 1 is 1.10 bits per heavy atom. The summed E-state index contributed by atoms with van der Waals surface area (Å²) in [7, 11) is 0. The van der Waals surface area contributed by atoms with Crippen molar-refractivity contribution >= 4 is 40.0 Å². The average molecular weight is 440 g/mol. The maximum Gasteiger partial charge on any atom is 0.251 e. The molecule has 3 rings (SSSR count). The van der Waals surface area contributed by atoms with E-state index in [1.807, 2.05) is 29.8 Å². The van der Waals surface area contributed by atoms with Crippen molar-refractivity contribution < 1.29 is 9.59 Å². The van der Waals surface area contributed by atoms with Crippen LogP contribution in [0.5, 0.6) is 0 Å². The van der Waals surface area contributed by atoms with Gasteiger partial charge in [-0.25, -0.2) is 4.98 Å². The van der Waals surface area contributed by atoms with Gasteiger partial charge in [0.1, 0.15) is 6.04 Å². The number of hydrogen-bond acceptors (Lipinski definition) is 5. The molecule has 0 aliphatic rings. The lowest BCUT2D eigenvalue weighted by molar-refractivity contribution is -0.118. The van der Waals surface area contributed by atoms with Crippen LogP contribution in [0.25, 0.3) is 11.3 Å². The number of nitrogens with one attached hydrogen (secondary N) is 2. The third-order valence-electron chi connectivity index (χ3n) is 4.66. The zero-order chi connectivity index (χ0) is 21.3. The van der Waals surface area contributed by atoms with Gasteiger partial charge in [0.25, 0.3) is 5.91 Å². The van der Waals surface area contributed by atoms with Gasteiger partial charge in [-0.3, -0.25) is 9.59 Å². The summed E-state index contributed by atoms with van der Waals surface area (Å²) in [5.74, 6) is 0.253. The number of nitrogens with zero attached hydrogens (tertiary/aromatic N) is 1. The monoisotopic (exact) mass is 439 g/mol. The van der Waals surface area contributed by atoms with E-state index >= 15 is 0 Å². The zero-order valence-corrected chi connectivity index (χ0v) is 18.7. The van der Waals surface area contributed by atoms with E-state index in [1.165, 1.54) is 16.9 Å². The van der Waals surface area contributed by atoms with Crippen LogP contribution in [0.15, 0.2) is 60.0 Å².